The molecule has 2 amide bonds. The summed E-state index contributed by atoms with van der Waals surface area (Å²) in [6, 6.07) is 12.8. The number of carbonyl (C=O) groups excluding carboxylic acids is 2. The largest absolute Gasteiger partial charge is 0.497 e. The number of carbonyl (C=O) groups is 2. The number of hydrogen-bond acceptors (Lipinski definition) is 5. The quantitative estimate of drug-likeness (QED) is 0.599. The average molecular weight is 469 g/mol. The molecule has 0 saturated carbocycles. The fraction of sp³-hybridized carbons (Fsp3) is 0.481. The highest BCUT2D eigenvalue weighted by Gasteiger charge is 2.30. The van der Waals surface area contributed by atoms with Gasteiger partial charge in [-0.3, -0.25) is 9.59 Å². The molecule has 3 rings (SSSR count). The van der Waals surface area contributed by atoms with Crippen molar-refractivity contribution in [3.8, 4) is 17.2 Å². The monoisotopic (exact) mass is 468 g/mol. The molecule has 1 N–H and O–H groups in total. The first kappa shape index (κ1) is 25.4. The Morgan fingerprint density at radius 1 is 1.03 bits per heavy atom. The van der Waals surface area contributed by atoms with Crippen molar-refractivity contribution >= 4 is 11.8 Å². The van der Waals surface area contributed by atoms with Crippen LogP contribution in [0.5, 0.6) is 17.2 Å². The molecule has 1 heterocycles. The molecule has 0 spiro atoms. The fourth-order valence-corrected chi connectivity index (χ4v) is 3.94. The van der Waals surface area contributed by atoms with Crippen molar-refractivity contribution in [1.29, 1.82) is 0 Å². The molecule has 2 aromatic rings. The third-order valence-electron chi connectivity index (χ3n) is 5.63. The van der Waals surface area contributed by atoms with Crippen LogP contribution in [0.4, 0.5) is 0 Å². The fourth-order valence-electron chi connectivity index (χ4n) is 3.94. The maximum absolute atomic E-state index is 13.5. The summed E-state index contributed by atoms with van der Waals surface area (Å²) in [6.07, 6.45) is 1.36. The van der Waals surface area contributed by atoms with Crippen LogP contribution >= 0.6 is 0 Å². The zero-order chi connectivity index (χ0) is 24.7. The second kappa shape index (κ2) is 11.3. The van der Waals surface area contributed by atoms with Crippen molar-refractivity contribution in [3.63, 3.8) is 0 Å². The van der Waals surface area contributed by atoms with Crippen LogP contribution in [-0.4, -0.2) is 48.6 Å². The van der Waals surface area contributed by atoms with E-state index in [1.165, 1.54) is 0 Å². The van der Waals surface area contributed by atoms with Gasteiger partial charge in [-0.15, -0.1) is 0 Å². The molecular formula is C27H36N2O5. The number of aryl methyl sites for hydroxylation is 1. The number of benzene rings is 2. The Balaban J connectivity index is 1.77. The second-order valence-corrected chi connectivity index (χ2v) is 9.51. The molecule has 2 aromatic carbocycles. The van der Waals surface area contributed by atoms with Gasteiger partial charge in [0.2, 0.25) is 11.8 Å². The number of nitrogens with zero attached hydrogens (tertiary/aromatic N) is 1. The van der Waals surface area contributed by atoms with Gasteiger partial charge in [0.05, 0.1) is 7.11 Å². The van der Waals surface area contributed by atoms with Crippen LogP contribution in [0, 0.1) is 0 Å². The van der Waals surface area contributed by atoms with Crippen LogP contribution < -0.4 is 19.5 Å². The van der Waals surface area contributed by atoms with Gasteiger partial charge < -0.3 is 24.4 Å². The maximum atomic E-state index is 13.5. The Labute approximate surface area is 202 Å². The lowest BCUT2D eigenvalue weighted by molar-refractivity contribution is -0.142. The van der Waals surface area contributed by atoms with Crippen LogP contribution in [-0.2, 0) is 22.6 Å². The number of nitrogens with one attached hydrogen (secondary N) is 1. The van der Waals surface area contributed by atoms with E-state index in [2.05, 4.69) is 5.32 Å². The Morgan fingerprint density at radius 2 is 1.68 bits per heavy atom. The zero-order valence-electron chi connectivity index (χ0n) is 20.8. The van der Waals surface area contributed by atoms with E-state index in [0.717, 1.165) is 22.6 Å². The third kappa shape index (κ3) is 6.89. The van der Waals surface area contributed by atoms with Crippen LogP contribution in [0.2, 0.25) is 0 Å². The topological polar surface area (TPSA) is 77.1 Å². The van der Waals surface area contributed by atoms with Crippen LogP contribution in [0.15, 0.2) is 42.5 Å². The van der Waals surface area contributed by atoms with Crippen LogP contribution in [0.1, 0.15) is 51.7 Å². The number of methoxy groups -OCH3 is 1. The summed E-state index contributed by atoms with van der Waals surface area (Å²) < 4.78 is 16.5. The van der Waals surface area contributed by atoms with Crippen LogP contribution in [0.25, 0.3) is 0 Å². The molecule has 0 radical (unpaired) electrons. The average Bonchev–Trinajstić information content (AvgIpc) is 2.81. The molecule has 34 heavy (non-hydrogen) atoms. The summed E-state index contributed by atoms with van der Waals surface area (Å²) in [4.78, 5) is 28.3. The molecule has 0 saturated heterocycles. The molecule has 7 nitrogen and oxygen atoms in total. The molecule has 1 aliphatic rings. The van der Waals surface area contributed by atoms with Gasteiger partial charge in [-0.1, -0.05) is 25.1 Å². The lowest BCUT2D eigenvalue weighted by atomic mass is 10.0. The molecule has 7 heteroatoms. The van der Waals surface area contributed by atoms with Gasteiger partial charge in [0.1, 0.15) is 25.0 Å². The van der Waals surface area contributed by atoms with Gasteiger partial charge in [0.25, 0.3) is 0 Å². The molecule has 0 fully saturated rings. The molecule has 184 valence electrons. The summed E-state index contributed by atoms with van der Waals surface area (Å²) in [5, 5.41) is 3.03. The first-order chi connectivity index (χ1) is 16.2. The van der Waals surface area contributed by atoms with Gasteiger partial charge in [-0.05, 0) is 69.0 Å². The van der Waals surface area contributed by atoms with Gasteiger partial charge >= 0.3 is 0 Å². The normalized spacial score (nSPS) is 13.7. The molecule has 0 unspecified atom stereocenters. The van der Waals surface area contributed by atoms with E-state index in [1.807, 2.05) is 70.2 Å². The highest BCUT2D eigenvalue weighted by atomic mass is 16.6. The zero-order valence-corrected chi connectivity index (χ0v) is 20.8. The van der Waals surface area contributed by atoms with Crippen LogP contribution in [0.3, 0.4) is 0 Å². The van der Waals surface area contributed by atoms with Crippen molar-refractivity contribution in [3.05, 3.63) is 53.6 Å². The van der Waals surface area contributed by atoms with Gasteiger partial charge in [-0.2, -0.15) is 0 Å². The van der Waals surface area contributed by atoms with Gasteiger partial charge in [0, 0.05) is 18.5 Å². The van der Waals surface area contributed by atoms with E-state index in [4.69, 9.17) is 14.2 Å². The standard InChI is InChI=1S/C27H36N2O5/c1-6-22(26(31)28-27(2,3)4)29(18-20-7-11-21(32-5)12-8-20)25(30)14-10-19-9-13-23-24(17-19)34-16-15-33-23/h7-9,11-13,17,22H,6,10,14-16,18H2,1-5H3,(H,28,31)/t22-/m0/s1. The summed E-state index contributed by atoms with van der Waals surface area (Å²) in [5.41, 5.74) is 1.55. The number of hydrogen-bond donors (Lipinski definition) is 1. The predicted octanol–water partition coefficient (Wildman–Crippen LogP) is 4.12. The Morgan fingerprint density at radius 3 is 2.29 bits per heavy atom. The van der Waals surface area contributed by atoms with Crippen molar-refractivity contribution in [2.75, 3.05) is 20.3 Å². The van der Waals surface area contributed by atoms with Crippen molar-refractivity contribution in [2.45, 2.75) is 65.1 Å². The molecular weight excluding hydrogens is 432 g/mol. The lowest BCUT2D eigenvalue weighted by Gasteiger charge is -2.33. The Hall–Kier alpha value is -3.22. The van der Waals surface area contributed by atoms with E-state index in [9.17, 15) is 9.59 Å². The first-order valence-corrected chi connectivity index (χ1v) is 11.8. The summed E-state index contributed by atoms with van der Waals surface area (Å²) in [7, 11) is 1.62. The summed E-state index contributed by atoms with van der Waals surface area (Å²) in [6.45, 7) is 9.16. The summed E-state index contributed by atoms with van der Waals surface area (Å²) >= 11 is 0. The molecule has 0 aromatic heterocycles. The van der Waals surface area contributed by atoms with E-state index < -0.39 is 6.04 Å². The number of amides is 2. The maximum Gasteiger partial charge on any atom is 0.243 e. The molecule has 0 bridgehead atoms. The minimum absolute atomic E-state index is 0.0679. The van der Waals surface area contributed by atoms with Gasteiger partial charge in [0.15, 0.2) is 11.5 Å². The van der Waals surface area contributed by atoms with Crippen molar-refractivity contribution < 1.29 is 23.8 Å². The number of rotatable bonds is 9. The predicted molar refractivity (Wildman–Crippen MR) is 131 cm³/mol. The molecule has 0 aliphatic carbocycles. The Kier molecular flexibility index (Phi) is 8.42. The third-order valence-corrected chi connectivity index (χ3v) is 5.63. The van der Waals surface area contributed by atoms with E-state index in [-0.39, 0.29) is 23.8 Å². The lowest BCUT2D eigenvalue weighted by Crippen LogP contribution is -2.53. The number of ether oxygens (including phenoxy) is 3. The Bertz CT molecular complexity index is 982. The first-order valence-electron chi connectivity index (χ1n) is 11.8. The van der Waals surface area contributed by atoms with Crippen molar-refractivity contribution in [2.24, 2.45) is 0 Å². The van der Waals surface area contributed by atoms with E-state index in [1.54, 1.807) is 12.0 Å². The highest BCUT2D eigenvalue weighted by molar-refractivity contribution is 5.88. The van der Waals surface area contributed by atoms with Gasteiger partial charge in [-0.25, -0.2) is 0 Å². The van der Waals surface area contributed by atoms with E-state index >= 15 is 0 Å². The SMILES string of the molecule is CC[C@@H](C(=O)NC(C)(C)C)N(Cc1ccc(OC)cc1)C(=O)CCc1ccc2c(c1)OCCO2. The minimum Gasteiger partial charge on any atom is -0.497 e. The molecule has 1 atom stereocenters. The highest BCUT2D eigenvalue weighted by Crippen LogP contribution is 2.31. The minimum atomic E-state index is -0.561. The molecule has 1 aliphatic heterocycles. The summed E-state index contributed by atoms with van der Waals surface area (Å²) in [5.74, 6) is 1.98. The smallest absolute Gasteiger partial charge is 0.243 e. The second-order valence-electron chi connectivity index (χ2n) is 9.51. The van der Waals surface area contributed by atoms with E-state index in [0.29, 0.717) is 38.3 Å². The van der Waals surface area contributed by atoms with Crippen molar-refractivity contribution in [1.82, 2.24) is 10.2 Å². The number of fused-ring (bicyclic) bond motifs is 1.